The van der Waals surface area contributed by atoms with E-state index >= 15 is 0 Å². The van der Waals surface area contributed by atoms with Crippen LogP contribution in [0.25, 0.3) is 6.08 Å². The number of amides is 1. The third-order valence-corrected chi connectivity index (χ3v) is 4.29. The molecule has 2 heterocycles. The minimum absolute atomic E-state index is 0.160. The lowest BCUT2D eigenvalue weighted by Gasteiger charge is -2.29. The molecule has 114 valence electrons. The summed E-state index contributed by atoms with van der Waals surface area (Å²) >= 11 is 1.55. The molecule has 6 heteroatoms. The standard InChI is InChI=1S/C15H19NO4S/c1-2-7-16(13-10-20-9-12(13)15(18)19)14(17)6-5-11-4-3-8-21-11/h3-6,8,12-13H,2,7,9-10H2,1H3,(H,18,19). The molecule has 0 bridgehead atoms. The van der Waals surface area contributed by atoms with Crippen molar-refractivity contribution in [2.75, 3.05) is 19.8 Å². The van der Waals surface area contributed by atoms with Gasteiger partial charge < -0.3 is 14.7 Å². The van der Waals surface area contributed by atoms with Crippen molar-refractivity contribution in [3.63, 3.8) is 0 Å². The first-order valence-corrected chi connectivity index (χ1v) is 7.84. The number of rotatable bonds is 6. The molecule has 0 aliphatic carbocycles. The van der Waals surface area contributed by atoms with Gasteiger partial charge in [0, 0.05) is 17.5 Å². The zero-order valence-electron chi connectivity index (χ0n) is 11.9. The second-order valence-corrected chi connectivity index (χ2v) is 5.91. The molecule has 1 aliphatic heterocycles. The van der Waals surface area contributed by atoms with Gasteiger partial charge in [0.05, 0.1) is 19.3 Å². The smallest absolute Gasteiger partial charge is 0.311 e. The Bertz CT molecular complexity index is 512. The quantitative estimate of drug-likeness (QED) is 0.817. The van der Waals surface area contributed by atoms with E-state index in [1.165, 1.54) is 6.08 Å². The number of aliphatic carboxylic acids is 1. The fourth-order valence-corrected chi connectivity index (χ4v) is 3.02. The van der Waals surface area contributed by atoms with Crippen molar-refractivity contribution in [3.8, 4) is 0 Å². The van der Waals surface area contributed by atoms with E-state index in [-0.39, 0.29) is 25.2 Å². The maximum absolute atomic E-state index is 12.4. The summed E-state index contributed by atoms with van der Waals surface area (Å²) in [7, 11) is 0. The molecule has 1 fully saturated rings. The Hall–Kier alpha value is -1.66. The number of hydrogen-bond acceptors (Lipinski definition) is 4. The lowest BCUT2D eigenvalue weighted by molar-refractivity contribution is -0.144. The van der Waals surface area contributed by atoms with Crippen molar-refractivity contribution in [3.05, 3.63) is 28.5 Å². The first-order valence-electron chi connectivity index (χ1n) is 6.96. The van der Waals surface area contributed by atoms with Crippen LogP contribution in [0.15, 0.2) is 23.6 Å². The van der Waals surface area contributed by atoms with Crippen molar-refractivity contribution in [2.24, 2.45) is 5.92 Å². The Balaban J connectivity index is 2.10. The Morgan fingerprint density at radius 2 is 2.33 bits per heavy atom. The summed E-state index contributed by atoms with van der Waals surface area (Å²) in [5.41, 5.74) is 0. The normalized spacial score (nSPS) is 21.8. The number of carbonyl (C=O) groups is 2. The largest absolute Gasteiger partial charge is 0.481 e. The summed E-state index contributed by atoms with van der Waals surface area (Å²) in [6.07, 6.45) is 4.06. The highest BCUT2D eigenvalue weighted by molar-refractivity contribution is 7.10. The van der Waals surface area contributed by atoms with Gasteiger partial charge in [-0.15, -0.1) is 11.3 Å². The second-order valence-electron chi connectivity index (χ2n) is 4.93. The van der Waals surface area contributed by atoms with Crippen LogP contribution in [0.1, 0.15) is 18.2 Å². The molecular formula is C15H19NO4S. The van der Waals surface area contributed by atoms with Gasteiger partial charge in [0.25, 0.3) is 0 Å². The molecule has 21 heavy (non-hydrogen) atoms. The molecule has 1 saturated heterocycles. The highest BCUT2D eigenvalue weighted by atomic mass is 32.1. The lowest BCUT2D eigenvalue weighted by Crippen LogP contribution is -2.46. The minimum Gasteiger partial charge on any atom is -0.481 e. The van der Waals surface area contributed by atoms with E-state index in [0.29, 0.717) is 6.54 Å². The molecule has 1 N–H and O–H groups in total. The van der Waals surface area contributed by atoms with Crippen molar-refractivity contribution >= 4 is 29.3 Å². The minimum atomic E-state index is -0.909. The van der Waals surface area contributed by atoms with Crippen molar-refractivity contribution in [1.82, 2.24) is 4.90 Å². The number of thiophene rings is 1. The van der Waals surface area contributed by atoms with Crippen LogP contribution >= 0.6 is 11.3 Å². The van der Waals surface area contributed by atoms with Gasteiger partial charge in [0.1, 0.15) is 5.92 Å². The summed E-state index contributed by atoms with van der Waals surface area (Å²) in [6, 6.07) is 3.46. The maximum atomic E-state index is 12.4. The number of nitrogens with zero attached hydrogens (tertiary/aromatic N) is 1. The average Bonchev–Trinajstić information content (AvgIpc) is 3.12. The maximum Gasteiger partial charge on any atom is 0.311 e. The summed E-state index contributed by atoms with van der Waals surface area (Å²) in [6.45, 7) is 2.96. The molecule has 0 aromatic carbocycles. The van der Waals surface area contributed by atoms with Gasteiger partial charge in [-0.1, -0.05) is 13.0 Å². The Labute approximate surface area is 127 Å². The van der Waals surface area contributed by atoms with Crippen molar-refractivity contribution < 1.29 is 19.4 Å². The van der Waals surface area contributed by atoms with Gasteiger partial charge in [-0.2, -0.15) is 0 Å². The third kappa shape index (κ3) is 3.92. The van der Waals surface area contributed by atoms with Gasteiger partial charge in [-0.25, -0.2) is 0 Å². The van der Waals surface area contributed by atoms with Crippen LogP contribution in [0, 0.1) is 5.92 Å². The van der Waals surface area contributed by atoms with Gasteiger partial charge in [-0.05, 0) is 23.9 Å². The summed E-state index contributed by atoms with van der Waals surface area (Å²) in [5, 5.41) is 11.2. The predicted molar refractivity (Wildman–Crippen MR) is 81.1 cm³/mol. The Morgan fingerprint density at radius 3 is 2.95 bits per heavy atom. The van der Waals surface area contributed by atoms with E-state index in [1.54, 1.807) is 22.3 Å². The van der Waals surface area contributed by atoms with Gasteiger partial charge in [0.15, 0.2) is 0 Å². The third-order valence-electron chi connectivity index (χ3n) is 3.45. The topological polar surface area (TPSA) is 66.8 Å². The van der Waals surface area contributed by atoms with Gasteiger partial charge in [-0.3, -0.25) is 9.59 Å². The molecule has 2 atom stereocenters. The highest BCUT2D eigenvalue weighted by Gasteiger charge is 2.39. The molecule has 2 rings (SSSR count). The number of ether oxygens (including phenoxy) is 1. The number of carboxylic acids is 1. The van der Waals surface area contributed by atoms with Crippen LogP contribution in [0.4, 0.5) is 0 Å². The lowest BCUT2D eigenvalue weighted by atomic mass is 10.0. The number of hydrogen-bond donors (Lipinski definition) is 1. The van der Waals surface area contributed by atoms with Crippen LogP contribution in [-0.4, -0.2) is 47.7 Å². The zero-order valence-corrected chi connectivity index (χ0v) is 12.7. The van der Waals surface area contributed by atoms with E-state index in [9.17, 15) is 14.7 Å². The molecule has 1 aliphatic rings. The molecular weight excluding hydrogens is 290 g/mol. The molecule has 1 aromatic heterocycles. The SMILES string of the molecule is CCCN(C(=O)C=Cc1cccs1)C1COCC1C(=O)O. The molecule has 2 unspecified atom stereocenters. The summed E-state index contributed by atoms with van der Waals surface area (Å²) < 4.78 is 5.26. The summed E-state index contributed by atoms with van der Waals surface area (Å²) in [4.78, 5) is 26.3. The second kappa shape index (κ2) is 7.38. The number of carboxylic acid groups (broad SMARTS) is 1. The van der Waals surface area contributed by atoms with Crippen LogP contribution in [0.2, 0.25) is 0 Å². The molecule has 5 nitrogen and oxygen atoms in total. The first-order chi connectivity index (χ1) is 10.1. The Morgan fingerprint density at radius 1 is 1.52 bits per heavy atom. The molecule has 0 spiro atoms. The zero-order chi connectivity index (χ0) is 15.2. The van der Waals surface area contributed by atoms with Gasteiger partial charge in [0.2, 0.25) is 5.91 Å². The van der Waals surface area contributed by atoms with Crippen molar-refractivity contribution in [1.29, 1.82) is 0 Å². The van der Waals surface area contributed by atoms with E-state index in [1.807, 2.05) is 24.4 Å². The van der Waals surface area contributed by atoms with Crippen LogP contribution in [0.5, 0.6) is 0 Å². The molecule has 1 aromatic rings. The van der Waals surface area contributed by atoms with E-state index in [4.69, 9.17) is 4.74 Å². The van der Waals surface area contributed by atoms with Crippen LogP contribution in [0.3, 0.4) is 0 Å². The van der Waals surface area contributed by atoms with E-state index in [0.717, 1.165) is 11.3 Å². The molecule has 0 radical (unpaired) electrons. The fourth-order valence-electron chi connectivity index (χ4n) is 2.40. The predicted octanol–water partition coefficient (Wildman–Crippen LogP) is 2.10. The molecule has 0 saturated carbocycles. The van der Waals surface area contributed by atoms with Gasteiger partial charge >= 0.3 is 5.97 Å². The van der Waals surface area contributed by atoms with E-state index in [2.05, 4.69) is 0 Å². The Kier molecular flexibility index (Phi) is 5.52. The highest BCUT2D eigenvalue weighted by Crippen LogP contribution is 2.21. The van der Waals surface area contributed by atoms with Crippen LogP contribution in [-0.2, 0) is 14.3 Å². The average molecular weight is 309 g/mol. The summed E-state index contributed by atoms with van der Waals surface area (Å²) in [5.74, 6) is -1.71. The molecule has 1 amide bonds. The van der Waals surface area contributed by atoms with Crippen LogP contribution < -0.4 is 0 Å². The fraction of sp³-hybridized carbons (Fsp3) is 0.467. The monoisotopic (exact) mass is 309 g/mol. The number of carbonyl (C=O) groups excluding carboxylic acids is 1. The van der Waals surface area contributed by atoms with E-state index < -0.39 is 11.9 Å². The first kappa shape index (κ1) is 15.7. The van der Waals surface area contributed by atoms with Crippen molar-refractivity contribution in [2.45, 2.75) is 19.4 Å².